The van der Waals surface area contributed by atoms with Crippen molar-refractivity contribution in [2.45, 2.75) is 44.9 Å². The van der Waals surface area contributed by atoms with Gasteiger partial charge in [-0.15, -0.1) is 0 Å². The molecule has 74 valence electrons. The third-order valence-corrected chi connectivity index (χ3v) is 2.70. The lowest BCUT2D eigenvalue weighted by Gasteiger charge is -2.09. The molecule has 0 aromatic heterocycles. The number of hydrogen-bond acceptors (Lipinski definition) is 1. The normalized spacial score (nSPS) is 20.3. The van der Waals surface area contributed by atoms with Gasteiger partial charge in [0, 0.05) is 6.08 Å². The molecule has 1 rings (SSSR count). The van der Waals surface area contributed by atoms with Gasteiger partial charge in [-0.2, -0.15) is 0 Å². The van der Waals surface area contributed by atoms with Gasteiger partial charge in [0.2, 0.25) is 0 Å². The molecule has 0 radical (unpaired) electrons. The van der Waals surface area contributed by atoms with Gasteiger partial charge in [-0.3, -0.25) is 0 Å². The Morgan fingerprint density at radius 1 is 1.23 bits per heavy atom. The lowest BCUT2D eigenvalue weighted by atomic mass is 9.96. The monoisotopic (exact) mass is 182 g/mol. The van der Waals surface area contributed by atoms with Crippen LogP contribution in [0.25, 0.3) is 0 Å². The Morgan fingerprint density at radius 2 is 1.85 bits per heavy atom. The molecule has 0 unspecified atom stereocenters. The maximum atomic E-state index is 10.2. The Morgan fingerprint density at radius 3 is 2.38 bits per heavy atom. The number of carboxylic acid groups (broad SMARTS) is 1. The molecule has 0 aromatic carbocycles. The summed E-state index contributed by atoms with van der Waals surface area (Å²) in [6.45, 7) is 0. The van der Waals surface area contributed by atoms with Crippen LogP contribution in [0.5, 0.6) is 0 Å². The molecule has 0 heterocycles. The van der Waals surface area contributed by atoms with Crippen molar-refractivity contribution in [1.29, 1.82) is 0 Å². The highest BCUT2D eigenvalue weighted by Crippen LogP contribution is 2.25. The van der Waals surface area contributed by atoms with Crippen molar-refractivity contribution >= 4 is 5.97 Å². The predicted octanol–water partition coefficient (Wildman–Crippen LogP) is 2.99. The van der Waals surface area contributed by atoms with Crippen LogP contribution in [0.1, 0.15) is 44.9 Å². The fraction of sp³-hybridized carbons (Fsp3) is 0.727. The Labute approximate surface area is 79.6 Å². The topological polar surface area (TPSA) is 37.3 Å². The van der Waals surface area contributed by atoms with E-state index in [0.717, 1.165) is 12.3 Å². The first-order valence-electron chi connectivity index (χ1n) is 5.18. The molecule has 1 fully saturated rings. The Balaban J connectivity index is 2.22. The third-order valence-electron chi connectivity index (χ3n) is 2.70. The molecule has 0 aliphatic heterocycles. The third kappa shape index (κ3) is 4.71. The second-order valence-electron chi connectivity index (χ2n) is 3.83. The minimum Gasteiger partial charge on any atom is -0.478 e. The number of rotatable bonds is 3. The van der Waals surface area contributed by atoms with E-state index in [1.807, 2.05) is 0 Å². The van der Waals surface area contributed by atoms with E-state index in [-0.39, 0.29) is 0 Å². The number of carbonyl (C=O) groups is 1. The smallest absolute Gasteiger partial charge is 0.327 e. The number of hydrogen-bond donors (Lipinski definition) is 1. The maximum Gasteiger partial charge on any atom is 0.327 e. The summed E-state index contributed by atoms with van der Waals surface area (Å²) < 4.78 is 0. The average Bonchev–Trinajstić information content (AvgIpc) is 2.32. The molecular weight excluding hydrogens is 164 g/mol. The summed E-state index contributed by atoms with van der Waals surface area (Å²) in [6.07, 6.45) is 12.0. The first-order chi connectivity index (χ1) is 6.29. The van der Waals surface area contributed by atoms with E-state index >= 15 is 0 Å². The molecule has 1 saturated carbocycles. The molecule has 2 nitrogen and oxygen atoms in total. The van der Waals surface area contributed by atoms with Crippen LogP contribution in [0.4, 0.5) is 0 Å². The summed E-state index contributed by atoms with van der Waals surface area (Å²) in [6, 6.07) is 0. The van der Waals surface area contributed by atoms with Gasteiger partial charge in [0.15, 0.2) is 0 Å². The molecule has 0 bridgehead atoms. The number of carboxylic acids is 1. The van der Waals surface area contributed by atoms with E-state index in [2.05, 4.69) is 0 Å². The minimum atomic E-state index is -0.825. The highest BCUT2D eigenvalue weighted by molar-refractivity contribution is 5.79. The van der Waals surface area contributed by atoms with Crippen LogP contribution in [0.15, 0.2) is 12.2 Å². The molecule has 1 aliphatic rings. The van der Waals surface area contributed by atoms with Crippen LogP contribution in [-0.4, -0.2) is 11.1 Å². The molecule has 1 N–H and O–H groups in total. The van der Waals surface area contributed by atoms with Crippen molar-refractivity contribution in [3.8, 4) is 0 Å². The van der Waals surface area contributed by atoms with Crippen molar-refractivity contribution in [2.24, 2.45) is 5.92 Å². The van der Waals surface area contributed by atoms with E-state index in [9.17, 15) is 4.79 Å². The van der Waals surface area contributed by atoms with Crippen molar-refractivity contribution in [1.82, 2.24) is 0 Å². The second kappa shape index (κ2) is 5.79. The van der Waals surface area contributed by atoms with Crippen LogP contribution in [0, 0.1) is 5.92 Å². The van der Waals surface area contributed by atoms with E-state index in [1.54, 1.807) is 6.08 Å². The Hall–Kier alpha value is -0.790. The molecule has 0 amide bonds. The summed E-state index contributed by atoms with van der Waals surface area (Å²) in [5.41, 5.74) is 0. The fourth-order valence-electron chi connectivity index (χ4n) is 1.96. The van der Waals surface area contributed by atoms with E-state index in [1.165, 1.54) is 44.6 Å². The van der Waals surface area contributed by atoms with Crippen LogP contribution in [0.3, 0.4) is 0 Å². The van der Waals surface area contributed by atoms with Gasteiger partial charge in [-0.1, -0.05) is 44.6 Å². The second-order valence-corrected chi connectivity index (χ2v) is 3.83. The van der Waals surface area contributed by atoms with Gasteiger partial charge in [0.25, 0.3) is 0 Å². The SMILES string of the molecule is O=C(O)C=CCC1CCCCCC1. The van der Waals surface area contributed by atoms with Crippen LogP contribution in [-0.2, 0) is 4.79 Å². The summed E-state index contributed by atoms with van der Waals surface area (Å²) in [4.78, 5) is 10.2. The molecule has 0 atom stereocenters. The molecule has 2 heteroatoms. The fourth-order valence-corrected chi connectivity index (χ4v) is 1.96. The highest BCUT2D eigenvalue weighted by Gasteiger charge is 2.10. The molecule has 1 aliphatic carbocycles. The number of aliphatic carboxylic acids is 1. The van der Waals surface area contributed by atoms with Gasteiger partial charge in [-0.25, -0.2) is 4.79 Å². The Kier molecular flexibility index (Phi) is 4.58. The molecule has 0 aromatic rings. The lowest BCUT2D eigenvalue weighted by Crippen LogP contribution is -1.97. The van der Waals surface area contributed by atoms with Crippen molar-refractivity contribution in [3.63, 3.8) is 0 Å². The minimum absolute atomic E-state index is 0.734. The van der Waals surface area contributed by atoms with Crippen molar-refractivity contribution < 1.29 is 9.90 Å². The summed E-state index contributed by atoms with van der Waals surface area (Å²) in [5.74, 6) is -0.0910. The van der Waals surface area contributed by atoms with Gasteiger partial charge >= 0.3 is 5.97 Å². The zero-order valence-electron chi connectivity index (χ0n) is 8.04. The standard InChI is InChI=1S/C11H18O2/c12-11(13)9-5-8-10-6-3-1-2-4-7-10/h5,9-10H,1-4,6-8H2,(H,12,13). The van der Waals surface area contributed by atoms with Crippen molar-refractivity contribution in [2.75, 3.05) is 0 Å². The van der Waals surface area contributed by atoms with Crippen LogP contribution in [0.2, 0.25) is 0 Å². The van der Waals surface area contributed by atoms with E-state index < -0.39 is 5.97 Å². The highest BCUT2D eigenvalue weighted by atomic mass is 16.4. The van der Waals surface area contributed by atoms with Gasteiger partial charge in [-0.05, 0) is 12.3 Å². The molecule has 13 heavy (non-hydrogen) atoms. The Bertz CT molecular complexity index is 177. The molecule has 0 saturated heterocycles. The molecular formula is C11H18O2. The molecule has 0 spiro atoms. The maximum absolute atomic E-state index is 10.2. The van der Waals surface area contributed by atoms with Crippen LogP contribution < -0.4 is 0 Å². The number of allylic oxidation sites excluding steroid dienone is 1. The zero-order valence-corrected chi connectivity index (χ0v) is 8.04. The largest absolute Gasteiger partial charge is 0.478 e. The summed E-state index contributed by atoms with van der Waals surface area (Å²) in [5, 5.41) is 8.41. The van der Waals surface area contributed by atoms with E-state index in [0.29, 0.717) is 0 Å². The first kappa shape index (κ1) is 10.3. The summed E-state index contributed by atoms with van der Waals surface area (Å²) in [7, 11) is 0. The van der Waals surface area contributed by atoms with Gasteiger partial charge < -0.3 is 5.11 Å². The average molecular weight is 182 g/mol. The van der Waals surface area contributed by atoms with Crippen LogP contribution >= 0.6 is 0 Å². The first-order valence-corrected chi connectivity index (χ1v) is 5.18. The van der Waals surface area contributed by atoms with E-state index in [4.69, 9.17) is 5.11 Å². The predicted molar refractivity (Wildman–Crippen MR) is 52.6 cm³/mol. The lowest BCUT2D eigenvalue weighted by molar-refractivity contribution is -0.131. The quantitative estimate of drug-likeness (QED) is 0.538. The zero-order chi connectivity index (χ0) is 9.52. The van der Waals surface area contributed by atoms with Gasteiger partial charge in [0.1, 0.15) is 0 Å². The summed E-state index contributed by atoms with van der Waals surface area (Å²) >= 11 is 0. The van der Waals surface area contributed by atoms with Gasteiger partial charge in [0.05, 0.1) is 0 Å². The van der Waals surface area contributed by atoms with Crippen molar-refractivity contribution in [3.05, 3.63) is 12.2 Å².